The number of hydrogen-bond donors (Lipinski definition) is 1. The Morgan fingerprint density at radius 3 is 2.61 bits per heavy atom. The molecule has 0 spiro atoms. The van der Waals surface area contributed by atoms with Crippen LogP contribution in [-0.2, 0) is 17.7 Å². The fourth-order valence-corrected chi connectivity index (χ4v) is 3.46. The van der Waals surface area contributed by atoms with Gasteiger partial charge in [0.2, 0.25) is 0 Å². The van der Waals surface area contributed by atoms with Crippen molar-refractivity contribution in [3.8, 4) is 0 Å². The van der Waals surface area contributed by atoms with Crippen molar-refractivity contribution in [2.24, 2.45) is 0 Å². The fourth-order valence-electron chi connectivity index (χ4n) is 3.46. The van der Waals surface area contributed by atoms with E-state index in [2.05, 4.69) is 47.6 Å². The lowest BCUT2D eigenvalue weighted by Crippen LogP contribution is -2.50. The molecule has 0 fully saturated rings. The van der Waals surface area contributed by atoms with Gasteiger partial charge in [-0.2, -0.15) is 0 Å². The van der Waals surface area contributed by atoms with Crippen LogP contribution in [0, 0.1) is 6.92 Å². The van der Waals surface area contributed by atoms with Crippen molar-refractivity contribution in [1.29, 1.82) is 0 Å². The molecule has 1 aliphatic rings. The van der Waals surface area contributed by atoms with Gasteiger partial charge in [0, 0.05) is 25.3 Å². The highest BCUT2D eigenvalue weighted by molar-refractivity contribution is 5.69. The second kappa shape index (κ2) is 8.31. The molecule has 1 aromatic heterocycles. The summed E-state index contributed by atoms with van der Waals surface area (Å²) < 4.78 is 5.67. The lowest BCUT2D eigenvalue weighted by atomic mass is 9.94. The van der Waals surface area contributed by atoms with Crippen LogP contribution in [0.1, 0.15) is 56.1 Å². The summed E-state index contributed by atoms with van der Waals surface area (Å²) in [5.41, 5.74) is 4.14. The van der Waals surface area contributed by atoms with E-state index >= 15 is 0 Å². The van der Waals surface area contributed by atoms with E-state index in [0.29, 0.717) is 13.1 Å². The Hall–Kier alpha value is -2.40. The summed E-state index contributed by atoms with van der Waals surface area (Å²) in [5.74, 6) is 0. The summed E-state index contributed by atoms with van der Waals surface area (Å²) in [6, 6.07) is 12.6. The normalized spacial score (nSPS) is 17.8. The number of hydrogen-bond acceptors (Lipinski definition) is 4. The molecule has 28 heavy (non-hydrogen) atoms. The van der Waals surface area contributed by atoms with Crippen LogP contribution >= 0.6 is 0 Å². The summed E-state index contributed by atoms with van der Waals surface area (Å²) in [7, 11) is 0. The van der Waals surface area contributed by atoms with Crippen molar-refractivity contribution in [1.82, 2.24) is 15.2 Å². The van der Waals surface area contributed by atoms with Crippen LogP contribution in [0.25, 0.3) is 0 Å². The summed E-state index contributed by atoms with van der Waals surface area (Å²) in [5, 5.41) is 3.55. The van der Waals surface area contributed by atoms with E-state index in [1.807, 2.05) is 44.9 Å². The molecule has 2 aromatic rings. The van der Waals surface area contributed by atoms with E-state index in [1.165, 1.54) is 11.1 Å². The summed E-state index contributed by atoms with van der Waals surface area (Å²) in [6.07, 6.45) is 2.45. The van der Waals surface area contributed by atoms with Crippen molar-refractivity contribution in [2.45, 2.75) is 65.3 Å². The van der Waals surface area contributed by atoms with Crippen LogP contribution in [0.15, 0.2) is 42.6 Å². The summed E-state index contributed by atoms with van der Waals surface area (Å²) >= 11 is 0. The molecule has 0 saturated carbocycles. The van der Waals surface area contributed by atoms with Crippen molar-refractivity contribution in [3.63, 3.8) is 0 Å². The predicted molar refractivity (Wildman–Crippen MR) is 111 cm³/mol. The maximum Gasteiger partial charge on any atom is 0.410 e. The zero-order chi connectivity index (χ0) is 20.3. The zero-order valence-electron chi connectivity index (χ0n) is 17.5. The third-order valence-corrected chi connectivity index (χ3v) is 5.02. The third-order valence-electron chi connectivity index (χ3n) is 5.02. The van der Waals surface area contributed by atoms with Crippen molar-refractivity contribution in [3.05, 3.63) is 65.0 Å². The Morgan fingerprint density at radius 1 is 1.25 bits per heavy atom. The van der Waals surface area contributed by atoms with E-state index in [0.717, 1.165) is 17.7 Å². The highest BCUT2D eigenvalue weighted by atomic mass is 16.6. The van der Waals surface area contributed by atoms with Gasteiger partial charge in [0.25, 0.3) is 0 Å². The van der Waals surface area contributed by atoms with Gasteiger partial charge in [0.15, 0.2) is 0 Å². The molecule has 1 amide bonds. The average Bonchev–Trinajstić information content (AvgIpc) is 2.64. The number of aryl methyl sites for hydroxylation is 1. The highest BCUT2D eigenvalue weighted by Gasteiger charge is 2.32. The standard InChI is InChI=1S/C23H31N3O2/c1-16-10-11-21(25-13-16)17(2)24-14-20-12-18-8-6-7-9-19(18)15-26(20)22(27)28-23(3,4)5/h6-11,13,17,20,24H,12,14-15H2,1-5H3/t17-,20+/m0/s1. The molecule has 1 aromatic carbocycles. The minimum atomic E-state index is -0.509. The van der Waals surface area contributed by atoms with E-state index < -0.39 is 5.60 Å². The number of aromatic nitrogens is 1. The fraction of sp³-hybridized carbons (Fsp3) is 0.478. The molecule has 0 aliphatic carbocycles. The molecule has 0 radical (unpaired) electrons. The molecular formula is C23H31N3O2. The first-order valence-corrected chi connectivity index (χ1v) is 9.95. The van der Waals surface area contributed by atoms with E-state index in [-0.39, 0.29) is 18.2 Å². The largest absolute Gasteiger partial charge is 0.444 e. The molecule has 0 unspecified atom stereocenters. The Labute approximate surface area is 168 Å². The van der Waals surface area contributed by atoms with Gasteiger partial charge in [-0.3, -0.25) is 9.88 Å². The van der Waals surface area contributed by atoms with Gasteiger partial charge in [-0.05, 0) is 63.8 Å². The molecule has 3 rings (SSSR count). The number of carbonyl (C=O) groups excluding carboxylic acids is 1. The van der Waals surface area contributed by atoms with Gasteiger partial charge in [-0.1, -0.05) is 30.3 Å². The van der Waals surface area contributed by atoms with Gasteiger partial charge in [0.1, 0.15) is 5.60 Å². The maximum atomic E-state index is 12.8. The van der Waals surface area contributed by atoms with Crippen LogP contribution in [0.4, 0.5) is 4.79 Å². The maximum absolute atomic E-state index is 12.8. The second-order valence-corrected chi connectivity index (χ2v) is 8.63. The first-order chi connectivity index (χ1) is 13.2. The Morgan fingerprint density at radius 2 is 1.96 bits per heavy atom. The number of carbonyl (C=O) groups is 1. The number of pyridine rings is 1. The number of ether oxygens (including phenoxy) is 1. The SMILES string of the molecule is Cc1ccc([C@H](C)NC[C@H]2Cc3ccccc3CN2C(=O)OC(C)(C)C)nc1. The van der Waals surface area contributed by atoms with Crippen LogP contribution in [0.2, 0.25) is 0 Å². The molecule has 2 atom stereocenters. The molecule has 150 valence electrons. The van der Waals surface area contributed by atoms with Crippen LogP contribution in [-0.4, -0.2) is 34.2 Å². The Bertz CT molecular complexity index is 811. The molecule has 0 bridgehead atoms. The molecule has 1 N–H and O–H groups in total. The number of fused-ring (bicyclic) bond motifs is 1. The van der Waals surface area contributed by atoms with Crippen molar-refractivity contribution in [2.75, 3.05) is 6.54 Å². The minimum Gasteiger partial charge on any atom is -0.444 e. The molecule has 5 nitrogen and oxygen atoms in total. The lowest BCUT2D eigenvalue weighted by Gasteiger charge is -2.38. The second-order valence-electron chi connectivity index (χ2n) is 8.63. The quantitative estimate of drug-likeness (QED) is 0.853. The van der Waals surface area contributed by atoms with E-state index in [1.54, 1.807) is 0 Å². The first-order valence-electron chi connectivity index (χ1n) is 9.95. The topological polar surface area (TPSA) is 54.5 Å². The number of nitrogens with zero attached hydrogens (tertiary/aromatic N) is 2. The van der Waals surface area contributed by atoms with E-state index in [9.17, 15) is 4.79 Å². The smallest absolute Gasteiger partial charge is 0.410 e. The first kappa shape index (κ1) is 20.3. The monoisotopic (exact) mass is 381 g/mol. The Balaban J connectivity index is 1.73. The third kappa shape index (κ3) is 5.10. The van der Waals surface area contributed by atoms with Crippen molar-refractivity contribution < 1.29 is 9.53 Å². The Kier molecular flexibility index (Phi) is 6.04. The zero-order valence-corrected chi connectivity index (χ0v) is 17.5. The van der Waals surface area contributed by atoms with Gasteiger partial charge < -0.3 is 10.1 Å². The number of amides is 1. The number of nitrogens with one attached hydrogen (secondary N) is 1. The molecule has 1 aliphatic heterocycles. The van der Waals surface area contributed by atoms with Crippen LogP contribution in [0.5, 0.6) is 0 Å². The van der Waals surface area contributed by atoms with Gasteiger partial charge in [-0.15, -0.1) is 0 Å². The van der Waals surface area contributed by atoms with Crippen molar-refractivity contribution >= 4 is 6.09 Å². The molecule has 2 heterocycles. The minimum absolute atomic E-state index is 0.0395. The molecule has 0 saturated heterocycles. The van der Waals surface area contributed by atoms with E-state index in [4.69, 9.17) is 4.74 Å². The van der Waals surface area contributed by atoms with Gasteiger partial charge in [0.05, 0.1) is 11.7 Å². The number of benzene rings is 1. The predicted octanol–water partition coefficient (Wildman–Crippen LogP) is 4.40. The van der Waals surface area contributed by atoms with Gasteiger partial charge in [-0.25, -0.2) is 4.79 Å². The molecule has 5 heteroatoms. The summed E-state index contributed by atoms with van der Waals surface area (Å²) in [6.45, 7) is 11.1. The number of rotatable bonds is 4. The molecular weight excluding hydrogens is 350 g/mol. The lowest BCUT2D eigenvalue weighted by molar-refractivity contribution is 0.0117. The van der Waals surface area contributed by atoms with Gasteiger partial charge >= 0.3 is 6.09 Å². The summed E-state index contributed by atoms with van der Waals surface area (Å²) in [4.78, 5) is 19.2. The highest BCUT2D eigenvalue weighted by Crippen LogP contribution is 2.25. The van der Waals surface area contributed by atoms with Crippen LogP contribution < -0.4 is 5.32 Å². The average molecular weight is 382 g/mol. The van der Waals surface area contributed by atoms with Crippen LogP contribution in [0.3, 0.4) is 0 Å².